The minimum absolute atomic E-state index is 0. The summed E-state index contributed by atoms with van der Waals surface area (Å²) < 4.78 is 11.6. The number of morpholine rings is 1. The van der Waals surface area contributed by atoms with E-state index < -0.39 is 0 Å². The van der Waals surface area contributed by atoms with Crippen LogP contribution >= 0.6 is 24.0 Å². The highest BCUT2D eigenvalue weighted by molar-refractivity contribution is 14.0. The van der Waals surface area contributed by atoms with E-state index >= 15 is 0 Å². The number of fused-ring (bicyclic) bond motifs is 2. The number of nitrogens with zero attached hydrogens (tertiary/aromatic N) is 3. The predicted molar refractivity (Wildman–Crippen MR) is 121 cm³/mol. The Bertz CT molecular complexity index is 563. The van der Waals surface area contributed by atoms with E-state index in [-0.39, 0.29) is 24.0 Å². The van der Waals surface area contributed by atoms with Crippen LogP contribution in [-0.2, 0) is 9.47 Å². The Labute approximate surface area is 186 Å². The molecule has 5 rings (SSSR count). The van der Waals surface area contributed by atoms with Crippen molar-refractivity contribution in [2.24, 2.45) is 22.2 Å². The second-order valence-corrected chi connectivity index (χ2v) is 9.37. The maximum Gasteiger partial charge on any atom is 0.193 e. The summed E-state index contributed by atoms with van der Waals surface area (Å²) in [5.41, 5.74) is 0.393. The summed E-state index contributed by atoms with van der Waals surface area (Å²) in [6, 6.07) is 0.574. The van der Waals surface area contributed by atoms with Gasteiger partial charge >= 0.3 is 0 Å². The van der Waals surface area contributed by atoms with Crippen LogP contribution in [0.15, 0.2) is 4.99 Å². The van der Waals surface area contributed by atoms with Gasteiger partial charge in [0.2, 0.25) is 0 Å². The van der Waals surface area contributed by atoms with E-state index in [0.29, 0.717) is 23.5 Å². The number of rotatable bonds is 3. The molecule has 160 valence electrons. The zero-order valence-electron chi connectivity index (χ0n) is 17.3. The summed E-state index contributed by atoms with van der Waals surface area (Å²) in [6.07, 6.45) is 8.43. The Morgan fingerprint density at radius 2 is 1.89 bits per heavy atom. The number of guanidine groups is 1. The van der Waals surface area contributed by atoms with Crippen molar-refractivity contribution in [3.63, 3.8) is 0 Å². The predicted octanol–water partition coefficient (Wildman–Crippen LogP) is 2.18. The van der Waals surface area contributed by atoms with Crippen molar-refractivity contribution in [1.29, 1.82) is 0 Å². The number of nitrogens with one attached hydrogen (secondary N) is 1. The third kappa shape index (κ3) is 3.69. The average Bonchev–Trinajstić information content (AvgIpc) is 3.43. The fourth-order valence-electron chi connectivity index (χ4n) is 6.66. The van der Waals surface area contributed by atoms with Crippen LogP contribution in [0.5, 0.6) is 0 Å². The number of halogens is 1. The van der Waals surface area contributed by atoms with Crippen molar-refractivity contribution < 1.29 is 9.47 Å². The number of ether oxygens (including phenoxy) is 2. The molecule has 0 amide bonds. The van der Waals surface area contributed by atoms with Gasteiger partial charge < -0.3 is 19.7 Å². The monoisotopic (exact) mass is 504 g/mol. The van der Waals surface area contributed by atoms with Crippen LogP contribution in [0.3, 0.4) is 0 Å². The molecule has 3 heterocycles. The van der Waals surface area contributed by atoms with Crippen LogP contribution < -0.4 is 5.32 Å². The Balaban J connectivity index is 0.00000192. The summed E-state index contributed by atoms with van der Waals surface area (Å²) in [4.78, 5) is 9.79. The Morgan fingerprint density at radius 3 is 2.64 bits per heavy atom. The molecule has 4 atom stereocenters. The van der Waals surface area contributed by atoms with E-state index in [0.717, 1.165) is 57.9 Å². The van der Waals surface area contributed by atoms with E-state index in [4.69, 9.17) is 14.5 Å². The fourth-order valence-corrected chi connectivity index (χ4v) is 6.66. The minimum atomic E-state index is 0. The maximum atomic E-state index is 6.15. The van der Waals surface area contributed by atoms with Crippen LogP contribution in [0.2, 0.25) is 0 Å². The van der Waals surface area contributed by atoms with Gasteiger partial charge in [0, 0.05) is 63.8 Å². The summed E-state index contributed by atoms with van der Waals surface area (Å²) >= 11 is 0. The zero-order chi connectivity index (χ0) is 18.3. The second kappa shape index (κ2) is 8.94. The molecule has 2 saturated carbocycles. The molecule has 1 N–H and O–H groups in total. The van der Waals surface area contributed by atoms with Crippen LogP contribution in [0.4, 0.5) is 0 Å². The van der Waals surface area contributed by atoms with E-state index in [1.807, 2.05) is 7.05 Å². The molecule has 3 aliphatic heterocycles. The molecule has 5 aliphatic rings. The molecule has 0 radical (unpaired) electrons. The van der Waals surface area contributed by atoms with Crippen molar-refractivity contribution in [2.75, 3.05) is 59.6 Å². The SMILES string of the molecule is CN=C(NC1C2CCOC2C12CCCC2)N1CCC(CN2CCOCC2)C1.I. The number of hydrogen-bond donors (Lipinski definition) is 1. The molecule has 28 heavy (non-hydrogen) atoms. The van der Waals surface area contributed by atoms with Gasteiger partial charge in [0.25, 0.3) is 0 Å². The number of hydrogen-bond acceptors (Lipinski definition) is 4. The van der Waals surface area contributed by atoms with Gasteiger partial charge in [-0.15, -0.1) is 24.0 Å². The molecule has 1 spiro atoms. The van der Waals surface area contributed by atoms with Crippen molar-refractivity contribution in [3.8, 4) is 0 Å². The Morgan fingerprint density at radius 1 is 1.11 bits per heavy atom. The van der Waals surface area contributed by atoms with Gasteiger partial charge in [0.15, 0.2) is 5.96 Å². The van der Waals surface area contributed by atoms with Crippen molar-refractivity contribution in [3.05, 3.63) is 0 Å². The lowest BCUT2D eigenvalue weighted by atomic mass is 9.54. The van der Waals surface area contributed by atoms with Crippen molar-refractivity contribution >= 4 is 29.9 Å². The van der Waals surface area contributed by atoms with Gasteiger partial charge in [-0.25, -0.2) is 0 Å². The smallest absolute Gasteiger partial charge is 0.193 e. The van der Waals surface area contributed by atoms with Crippen LogP contribution in [0.1, 0.15) is 38.5 Å². The first-order chi connectivity index (χ1) is 13.3. The number of likely N-dealkylation sites (tertiary alicyclic amines) is 1. The molecular formula is C21H37IN4O2. The molecule has 0 bridgehead atoms. The quantitative estimate of drug-likeness (QED) is 0.363. The standard InChI is InChI=1S/C21H36N4O2.HI/c1-22-20(25-8-4-16(15-25)14-24-9-12-26-13-10-24)23-18-17-5-11-27-19(17)21(18)6-2-3-7-21;/h16-19H,2-15H2,1H3,(H,22,23);1H. The van der Waals surface area contributed by atoms with E-state index in [1.165, 1.54) is 45.1 Å². The molecule has 0 aromatic carbocycles. The first-order valence-corrected chi connectivity index (χ1v) is 11.2. The molecular weight excluding hydrogens is 467 g/mol. The molecule has 6 nitrogen and oxygen atoms in total. The highest BCUT2D eigenvalue weighted by Gasteiger charge is 2.65. The lowest BCUT2D eigenvalue weighted by Crippen LogP contribution is -2.69. The maximum absolute atomic E-state index is 6.15. The van der Waals surface area contributed by atoms with Gasteiger partial charge in [0.1, 0.15) is 0 Å². The summed E-state index contributed by atoms with van der Waals surface area (Å²) in [7, 11) is 1.96. The molecule has 7 heteroatoms. The van der Waals surface area contributed by atoms with Crippen molar-refractivity contribution in [2.45, 2.75) is 50.7 Å². The lowest BCUT2D eigenvalue weighted by molar-refractivity contribution is -0.125. The average molecular weight is 504 g/mol. The molecule has 0 aromatic rings. The minimum Gasteiger partial charge on any atom is -0.379 e. The normalized spacial score (nSPS) is 37.6. The van der Waals surface area contributed by atoms with Crippen LogP contribution in [0, 0.1) is 17.3 Å². The highest BCUT2D eigenvalue weighted by Crippen LogP contribution is 2.60. The van der Waals surface area contributed by atoms with Crippen LogP contribution in [-0.4, -0.2) is 87.5 Å². The van der Waals surface area contributed by atoms with Gasteiger partial charge in [-0.05, 0) is 31.6 Å². The first kappa shape index (κ1) is 21.1. The van der Waals surface area contributed by atoms with Gasteiger partial charge in [-0.3, -0.25) is 9.89 Å². The molecule has 0 aromatic heterocycles. The van der Waals surface area contributed by atoms with E-state index in [2.05, 4.69) is 15.1 Å². The second-order valence-electron chi connectivity index (χ2n) is 9.37. The summed E-state index contributed by atoms with van der Waals surface area (Å²) in [6.45, 7) is 8.43. The summed E-state index contributed by atoms with van der Waals surface area (Å²) in [5.74, 6) is 2.60. The van der Waals surface area contributed by atoms with Crippen molar-refractivity contribution in [1.82, 2.24) is 15.1 Å². The molecule has 3 saturated heterocycles. The Hall–Kier alpha value is -0.120. The fraction of sp³-hybridized carbons (Fsp3) is 0.952. The third-order valence-electron chi connectivity index (χ3n) is 7.99. The largest absolute Gasteiger partial charge is 0.379 e. The zero-order valence-corrected chi connectivity index (χ0v) is 19.6. The third-order valence-corrected chi connectivity index (χ3v) is 7.99. The van der Waals surface area contributed by atoms with Gasteiger partial charge in [-0.1, -0.05) is 12.8 Å². The van der Waals surface area contributed by atoms with Gasteiger partial charge in [-0.2, -0.15) is 0 Å². The van der Waals surface area contributed by atoms with Crippen LogP contribution in [0.25, 0.3) is 0 Å². The lowest BCUT2D eigenvalue weighted by Gasteiger charge is -2.57. The molecule has 4 unspecified atom stereocenters. The molecule has 2 aliphatic carbocycles. The molecule has 5 fully saturated rings. The summed E-state index contributed by atoms with van der Waals surface area (Å²) in [5, 5.41) is 3.94. The Kier molecular flexibility index (Phi) is 6.74. The van der Waals surface area contributed by atoms with E-state index in [1.54, 1.807) is 0 Å². The van der Waals surface area contributed by atoms with Gasteiger partial charge in [0.05, 0.1) is 19.3 Å². The first-order valence-electron chi connectivity index (χ1n) is 11.2. The topological polar surface area (TPSA) is 49.3 Å². The van der Waals surface area contributed by atoms with E-state index in [9.17, 15) is 0 Å². The number of aliphatic imine (C=N–C) groups is 1. The highest BCUT2D eigenvalue weighted by atomic mass is 127.